The van der Waals surface area contributed by atoms with Crippen LogP contribution in [0.5, 0.6) is 0 Å². The van der Waals surface area contributed by atoms with Gasteiger partial charge in [0.05, 0.1) is 5.70 Å². The molecule has 0 radical (unpaired) electrons. The van der Waals surface area contributed by atoms with Crippen LogP contribution in [0.1, 0.15) is 11.1 Å². The van der Waals surface area contributed by atoms with Crippen LogP contribution in [-0.2, 0) is 15.2 Å². The van der Waals surface area contributed by atoms with E-state index in [-0.39, 0.29) is 0 Å². The van der Waals surface area contributed by atoms with Crippen molar-refractivity contribution in [2.75, 3.05) is 33.2 Å². The molecule has 0 unspecified atom stereocenters. The number of carbonyl (C=O) groups is 1. The Morgan fingerprint density at radius 3 is 1.71 bits per heavy atom. The minimum atomic E-state index is -4.67. The predicted octanol–water partition coefficient (Wildman–Crippen LogP) is 2.35. The summed E-state index contributed by atoms with van der Waals surface area (Å²) in [7, 11) is -2.53. The Labute approximate surface area is 165 Å². The average molecular weight is 404 g/mol. The van der Waals surface area contributed by atoms with Gasteiger partial charge in [0.2, 0.25) is 0 Å². The predicted molar refractivity (Wildman–Crippen MR) is 109 cm³/mol. The maximum atomic E-state index is 11.9. The van der Waals surface area contributed by atoms with Gasteiger partial charge in [0.1, 0.15) is 0 Å². The van der Waals surface area contributed by atoms with E-state index in [0.29, 0.717) is 0 Å². The maximum absolute atomic E-state index is 11.9. The van der Waals surface area contributed by atoms with Crippen molar-refractivity contribution >= 4 is 28.0 Å². The zero-order valence-electron chi connectivity index (χ0n) is 15.6. The molecule has 1 fully saturated rings. The lowest BCUT2D eigenvalue weighted by atomic mass is 9.99. The monoisotopic (exact) mass is 404 g/mol. The number of aldehydes is 1. The average Bonchev–Trinajstić information content (AvgIpc) is 2.67. The quantitative estimate of drug-likeness (QED) is 0.349. The molecule has 7 nitrogen and oxygen atoms in total. The zero-order valence-corrected chi connectivity index (χ0v) is 16.4. The van der Waals surface area contributed by atoms with Gasteiger partial charge in [-0.2, -0.15) is 8.42 Å². The van der Waals surface area contributed by atoms with E-state index in [4.69, 9.17) is 17.5 Å². The molecule has 0 atom stereocenters. The van der Waals surface area contributed by atoms with Crippen LogP contribution < -0.4 is 0 Å². The molecule has 0 aromatic heterocycles. The summed E-state index contributed by atoms with van der Waals surface area (Å²) in [6, 6.07) is 20.2. The van der Waals surface area contributed by atoms with E-state index in [1.165, 1.54) is 0 Å². The van der Waals surface area contributed by atoms with Gasteiger partial charge in [-0.15, -0.1) is 0 Å². The largest absolute Gasteiger partial charge is 0.394 e. The van der Waals surface area contributed by atoms with E-state index in [2.05, 4.69) is 29.0 Å². The fourth-order valence-electron chi connectivity index (χ4n) is 3.01. The lowest BCUT2D eigenvalue weighted by Gasteiger charge is -2.36. The summed E-state index contributed by atoms with van der Waals surface area (Å²) in [6.45, 7) is 3.89. The van der Waals surface area contributed by atoms with Crippen molar-refractivity contribution in [1.29, 1.82) is 0 Å². The molecule has 0 saturated carbocycles. The van der Waals surface area contributed by atoms with Gasteiger partial charge < -0.3 is 9.80 Å². The lowest BCUT2D eigenvalue weighted by Crippen LogP contribution is -2.43. The molecule has 0 aliphatic carbocycles. The van der Waals surface area contributed by atoms with Gasteiger partial charge in [-0.25, -0.2) is 0 Å². The SMILES string of the molecule is CN1CCN(/C(=C(\C=O)c2ccccc2)c2ccccc2)CC1.O=S(=O)(O)O. The molecule has 1 heterocycles. The number of likely N-dealkylation sites (N-methyl/N-ethyl adjacent to an activating group) is 1. The summed E-state index contributed by atoms with van der Waals surface area (Å²) in [5.41, 5.74) is 3.88. The smallest absolute Gasteiger partial charge is 0.368 e. The van der Waals surface area contributed by atoms with Crippen LogP contribution in [0, 0.1) is 0 Å². The van der Waals surface area contributed by atoms with Crippen LogP contribution in [0.4, 0.5) is 0 Å². The molecular formula is C20H24N2O5S. The Morgan fingerprint density at radius 2 is 1.29 bits per heavy atom. The third kappa shape index (κ3) is 6.90. The van der Waals surface area contributed by atoms with Gasteiger partial charge in [0.15, 0.2) is 6.29 Å². The maximum Gasteiger partial charge on any atom is 0.394 e. The van der Waals surface area contributed by atoms with Gasteiger partial charge in [-0.1, -0.05) is 60.7 Å². The number of benzene rings is 2. The van der Waals surface area contributed by atoms with Crippen molar-refractivity contribution in [3.05, 3.63) is 71.8 Å². The van der Waals surface area contributed by atoms with E-state index in [0.717, 1.165) is 54.9 Å². The number of hydrogen-bond acceptors (Lipinski definition) is 5. The summed E-state index contributed by atoms with van der Waals surface area (Å²) in [6.07, 6.45) is 0.996. The summed E-state index contributed by atoms with van der Waals surface area (Å²) < 4.78 is 31.6. The summed E-state index contributed by atoms with van der Waals surface area (Å²) in [4.78, 5) is 16.6. The second-order valence-electron chi connectivity index (χ2n) is 6.35. The van der Waals surface area contributed by atoms with E-state index < -0.39 is 10.4 Å². The van der Waals surface area contributed by atoms with Crippen molar-refractivity contribution in [2.45, 2.75) is 0 Å². The highest BCUT2D eigenvalue weighted by atomic mass is 32.3. The second-order valence-corrected chi connectivity index (χ2v) is 7.25. The summed E-state index contributed by atoms with van der Waals surface area (Å²) in [5.74, 6) is 0. The van der Waals surface area contributed by atoms with Gasteiger partial charge in [-0.05, 0) is 18.2 Å². The van der Waals surface area contributed by atoms with Crippen LogP contribution in [0.3, 0.4) is 0 Å². The second kappa shape index (κ2) is 10.1. The number of carbonyl (C=O) groups excluding carboxylic acids is 1. The fraction of sp³-hybridized carbons (Fsp3) is 0.250. The molecule has 8 heteroatoms. The molecule has 1 saturated heterocycles. The van der Waals surface area contributed by atoms with Crippen molar-refractivity contribution in [3.8, 4) is 0 Å². The number of piperazine rings is 1. The number of allylic oxidation sites excluding steroid dienone is 1. The van der Waals surface area contributed by atoms with Gasteiger partial charge in [0, 0.05) is 31.8 Å². The highest BCUT2D eigenvalue weighted by Gasteiger charge is 2.21. The molecule has 1 aliphatic rings. The Hall–Kier alpha value is -2.52. The van der Waals surface area contributed by atoms with Crippen LogP contribution in [-0.4, -0.2) is 66.8 Å². The first-order valence-corrected chi connectivity index (χ1v) is 10.1. The van der Waals surface area contributed by atoms with Crippen molar-refractivity contribution in [1.82, 2.24) is 9.80 Å². The zero-order chi connectivity index (χ0) is 20.6. The molecule has 1 aliphatic heterocycles. The molecule has 150 valence electrons. The first-order valence-electron chi connectivity index (χ1n) is 8.73. The van der Waals surface area contributed by atoms with Crippen LogP contribution in [0.25, 0.3) is 11.3 Å². The van der Waals surface area contributed by atoms with E-state index in [9.17, 15) is 4.79 Å². The molecule has 0 spiro atoms. The molecule has 28 heavy (non-hydrogen) atoms. The highest BCUT2D eigenvalue weighted by molar-refractivity contribution is 7.79. The van der Waals surface area contributed by atoms with Gasteiger partial charge >= 0.3 is 10.4 Å². The van der Waals surface area contributed by atoms with Crippen molar-refractivity contribution in [3.63, 3.8) is 0 Å². The molecular weight excluding hydrogens is 380 g/mol. The van der Waals surface area contributed by atoms with E-state index >= 15 is 0 Å². The summed E-state index contributed by atoms with van der Waals surface area (Å²) in [5, 5.41) is 0. The number of hydrogen-bond donors (Lipinski definition) is 2. The Morgan fingerprint density at radius 1 is 0.857 bits per heavy atom. The highest BCUT2D eigenvalue weighted by Crippen LogP contribution is 2.29. The normalized spacial score (nSPS) is 15.9. The standard InChI is InChI=1S/C20H22N2O.H2O4S/c1-21-12-14-22(15-13-21)20(18-10-6-3-7-11-18)19(16-23)17-8-4-2-5-9-17;1-5(2,3)4/h2-11,16H,12-15H2,1H3;(H2,1,2,3,4)/b20-19+;. The molecule has 0 amide bonds. The van der Waals surface area contributed by atoms with E-state index in [1.54, 1.807) is 0 Å². The van der Waals surface area contributed by atoms with Gasteiger partial charge in [-0.3, -0.25) is 13.9 Å². The topological polar surface area (TPSA) is 98.2 Å². The van der Waals surface area contributed by atoms with Gasteiger partial charge in [0.25, 0.3) is 0 Å². The minimum Gasteiger partial charge on any atom is -0.368 e. The Bertz CT molecular complexity index is 883. The fourth-order valence-corrected chi connectivity index (χ4v) is 3.01. The van der Waals surface area contributed by atoms with Crippen LogP contribution >= 0.6 is 0 Å². The van der Waals surface area contributed by atoms with Crippen molar-refractivity contribution < 1.29 is 22.3 Å². The third-order valence-electron chi connectivity index (χ3n) is 4.32. The Kier molecular flexibility index (Phi) is 7.89. The number of nitrogens with zero attached hydrogens (tertiary/aromatic N) is 2. The summed E-state index contributed by atoms with van der Waals surface area (Å²) >= 11 is 0. The lowest BCUT2D eigenvalue weighted by molar-refractivity contribution is -0.103. The van der Waals surface area contributed by atoms with E-state index in [1.807, 2.05) is 48.5 Å². The first-order chi connectivity index (χ1) is 13.3. The molecule has 2 N–H and O–H groups in total. The van der Waals surface area contributed by atoms with Crippen LogP contribution in [0.2, 0.25) is 0 Å². The Balaban J connectivity index is 0.000000500. The van der Waals surface area contributed by atoms with Crippen LogP contribution in [0.15, 0.2) is 60.7 Å². The first kappa shape index (κ1) is 21.8. The number of rotatable bonds is 4. The molecule has 2 aromatic carbocycles. The van der Waals surface area contributed by atoms with Crippen molar-refractivity contribution in [2.24, 2.45) is 0 Å². The molecule has 3 rings (SSSR count). The third-order valence-corrected chi connectivity index (χ3v) is 4.32. The molecule has 2 aromatic rings. The molecule has 0 bridgehead atoms. The minimum absolute atomic E-state index is 0.765.